The summed E-state index contributed by atoms with van der Waals surface area (Å²) in [4.78, 5) is 26.6. The molecule has 2 nitrogen and oxygen atoms in total. The molecule has 0 amide bonds. The number of allylic oxidation sites excluding steroid dienone is 2. The fourth-order valence-electron chi connectivity index (χ4n) is 7.48. The van der Waals surface area contributed by atoms with Crippen molar-refractivity contribution < 1.29 is 9.59 Å². The molecule has 5 aliphatic rings. The van der Waals surface area contributed by atoms with Crippen molar-refractivity contribution in [2.45, 2.75) is 19.8 Å². The Morgan fingerprint density at radius 3 is 2.43 bits per heavy atom. The van der Waals surface area contributed by atoms with Gasteiger partial charge in [-0.1, -0.05) is 43.3 Å². The lowest BCUT2D eigenvalue weighted by molar-refractivity contribution is 0.0139. The third-order valence-electron chi connectivity index (χ3n) is 8.12. The van der Waals surface area contributed by atoms with Gasteiger partial charge in [0, 0.05) is 22.5 Å². The summed E-state index contributed by atoms with van der Waals surface area (Å²) in [5.74, 6) is 3.92. The summed E-state index contributed by atoms with van der Waals surface area (Å²) in [6.07, 6.45) is 7.15. The van der Waals surface area contributed by atoms with Gasteiger partial charge in [-0.05, 0) is 48.3 Å². The van der Waals surface area contributed by atoms with Gasteiger partial charge in [-0.3, -0.25) is 9.59 Å². The Morgan fingerprint density at radius 1 is 0.957 bits per heavy atom. The molecule has 5 aliphatic carbocycles. The topological polar surface area (TPSA) is 34.1 Å². The molecule has 8 atom stereocenters. The highest BCUT2D eigenvalue weighted by atomic mass is 16.1. The van der Waals surface area contributed by atoms with Crippen LogP contribution in [0.4, 0.5) is 0 Å². The SMILES string of the molecule is CC12C(=O)c3ccccc3C(=O)C1C1CC2C2C3C=CC(C3)C12. The smallest absolute Gasteiger partial charge is 0.170 e. The van der Waals surface area contributed by atoms with Crippen LogP contribution >= 0.6 is 0 Å². The van der Waals surface area contributed by atoms with Crippen molar-refractivity contribution in [3.8, 4) is 0 Å². The number of carbonyl (C=O) groups excluding carboxylic acids is 2. The maximum absolute atomic E-state index is 13.4. The zero-order valence-corrected chi connectivity index (χ0v) is 13.2. The lowest BCUT2D eigenvalue weighted by Crippen LogP contribution is -2.53. The van der Waals surface area contributed by atoms with Gasteiger partial charge < -0.3 is 0 Å². The van der Waals surface area contributed by atoms with Crippen LogP contribution in [0.5, 0.6) is 0 Å². The molecule has 0 N–H and O–H groups in total. The van der Waals surface area contributed by atoms with Crippen LogP contribution in [0, 0.1) is 46.8 Å². The number of hydrogen-bond donors (Lipinski definition) is 0. The number of benzene rings is 1. The average Bonchev–Trinajstić information content (AvgIpc) is 3.30. The number of carbonyl (C=O) groups is 2. The monoisotopic (exact) mass is 304 g/mol. The number of rotatable bonds is 0. The van der Waals surface area contributed by atoms with Crippen molar-refractivity contribution in [3.05, 3.63) is 47.5 Å². The summed E-state index contributed by atoms with van der Waals surface area (Å²) in [7, 11) is 0. The Kier molecular flexibility index (Phi) is 2.03. The van der Waals surface area contributed by atoms with Crippen LogP contribution in [-0.2, 0) is 0 Å². The van der Waals surface area contributed by atoms with Gasteiger partial charge in [0.25, 0.3) is 0 Å². The van der Waals surface area contributed by atoms with Crippen LogP contribution in [0.3, 0.4) is 0 Å². The summed E-state index contributed by atoms with van der Waals surface area (Å²) < 4.78 is 0. The molecule has 1 aromatic carbocycles. The van der Waals surface area contributed by atoms with Crippen molar-refractivity contribution in [2.75, 3.05) is 0 Å². The molecule has 1 aromatic rings. The fraction of sp³-hybridized carbons (Fsp3) is 0.524. The van der Waals surface area contributed by atoms with Crippen molar-refractivity contribution in [3.63, 3.8) is 0 Å². The number of Topliss-reactive ketones (excluding diaryl/α,β-unsaturated/α-hetero) is 2. The highest BCUT2D eigenvalue weighted by molar-refractivity contribution is 6.18. The van der Waals surface area contributed by atoms with Crippen molar-refractivity contribution in [1.82, 2.24) is 0 Å². The molecule has 0 radical (unpaired) electrons. The second kappa shape index (κ2) is 3.68. The summed E-state index contributed by atoms with van der Waals surface area (Å²) >= 11 is 0. The van der Waals surface area contributed by atoms with E-state index in [9.17, 15) is 9.59 Å². The van der Waals surface area contributed by atoms with E-state index in [4.69, 9.17) is 0 Å². The first-order valence-corrected chi connectivity index (χ1v) is 8.98. The van der Waals surface area contributed by atoms with Crippen molar-refractivity contribution >= 4 is 11.6 Å². The van der Waals surface area contributed by atoms with Crippen LogP contribution < -0.4 is 0 Å². The van der Waals surface area contributed by atoms with E-state index in [-0.39, 0.29) is 17.5 Å². The minimum Gasteiger partial charge on any atom is -0.294 e. The Balaban J connectivity index is 1.57. The summed E-state index contributed by atoms with van der Waals surface area (Å²) in [5.41, 5.74) is 0.914. The highest BCUT2D eigenvalue weighted by Gasteiger charge is 2.73. The van der Waals surface area contributed by atoms with Crippen molar-refractivity contribution in [1.29, 1.82) is 0 Å². The first kappa shape index (κ1) is 12.7. The lowest BCUT2D eigenvalue weighted by Gasteiger charge is -2.49. The van der Waals surface area contributed by atoms with E-state index >= 15 is 0 Å². The van der Waals surface area contributed by atoms with Gasteiger partial charge in [0.15, 0.2) is 11.6 Å². The van der Waals surface area contributed by atoms with E-state index in [1.807, 2.05) is 24.3 Å². The zero-order valence-electron chi connectivity index (χ0n) is 13.2. The average molecular weight is 304 g/mol. The number of fused-ring (bicyclic) bond motifs is 13. The summed E-state index contributed by atoms with van der Waals surface area (Å²) in [6, 6.07) is 7.51. The van der Waals surface area contributed by atoms with Gasteiger partial charge in [0.2, 0.25) is 0 Å². The quantitative estimate of drug-likeness (QED) is 0.540. The molecule has 0 aromatic heterocycles. The second-order valence-electron chi connectivity index (χ2n) is 8.61. The second-order valence-corrected chi connectivity index (χ2v) is 8.61. The molecular weight excluding hydrogens is 284 g/mol. The number of hydrogen-bond acceptors (Lipinski definition) is 2. The molecule has 116 valence electrons. The molecule has 23 heavy (non-hydrogen) atoms. The van der Waals surface area contributed by atoms with E-state index in [1.54, 1.807) is 0 Å². The molecule has 0 spiro atoms. The Hall–Kier alpha value is -1.70. The Bertz CT molecular complexity index is 806. The highest BCUT2D eigenvalue weighted by Crippen LogP contribution is 2.73. The van der Waals surface area contributed by atoms with Gasteiger partial charge >= 0.3 is 0 Å². The maximum atomic E-state index is 13.4. The maximum Gasteiger partial charge on any atom is 0.170 e. The molecular formula is C21H20O2. The molecule has 3 saturated carbocycles. The molecule has 8 unspecified atom stereocenters. The van der Waals surface area contributed by atoms with E-state index in [1.165, 1.54) is 6.42 Å². The first-order chi connectivity index (χ1) is 11.1. The standard InChI is InChI=1S/C21H20O2/c1-21-15-9-14(16-10-6-7-11(8-10)17(15)16)18(21)19(22)12-4-2-3-5-13(12)20(21)23/h2-7,10-11,14-18H,8-9H2,1H3. The largest absolute Gasteiger partial charge is 0.294 e. The number of ketones is 2. The van der Waals surface area contributed by atoms with E-state index < -0.39 is 5.41 Å². The zero-order chi connectivity index (χ0) is 15.5. The molecule has 2 heteroatoms. The lowest BCUT2D eigenvalue weighted by atomic mass is 9.52. The van der Waals surface area contributed by atoms with E-state index in [0.717, 1.165) is 6.42 Å². The minimum absolute atomic E-state index is 0.0658. The summed E-state index contributed by atoms with van der Waals surface area (Å²) in [5, 5.41) is 0. The van der Waals surface area contributed by atoms with E-state index in [2.05, 4.69) is 19.1 Å². The molecule has 0 saturated heterocycles. The van der Waals surface area contributed by atoms with Crippen molar-refractivity contribution in [2.24, 2.45) is 46.8 Å². The molecule has 3 fully saturated rings. The van der Waals surface area contributed by atoms with Gasteiger partial charge in [-0.2, -0.15) is 0 Å². The third-order valence-corrected chi connectivity index (χ3v) is 8.12. The molecule has 0 heterocycles. The Morgan fingerprint density at radius 2 is 1.65 bits per heavy atom. The Labute approximate surface area is 136 Å². The van der Waals surface area contributed by atoms with Gasteiger partial charge in [-0.25, -0.2) is 0 Å². The summed E-state index contributed by atoms with van der Waals surface area (Å²) in [6.45, 7) is 2.12. The minimum atomic E-state index is -0.449. The first-order valence-electron chi connectivity index (χ1n) is 8.98. The molecule has 0 aliphatic heterocycles. The van der Waals surface area contributed by atoms with Gasteiger partial charge in [0.1, 0.15) is 0 Å². The van der Waals surface area contributed by atoms with Crippen LogP contribution in [0.25, 0.3) is 0 Å². The van der Waals surface area contributed by atoms with Gasteiger partial charge in [0.05, 0.1) is 0 Å². The predicted octanol–water partition coefficient (Wildman–Crippen LogP) is 3.78. The molecule has 4 bridgehead atoms. The van der Waals surface area contributed by atoms with Crippen LogP contribution in [-0.4, -0.2) is 11.6 Å². The van der Waals surface area contributed by atoms with Gasteiger partial charge in [-0.15, -0.1) is 0 Å². The van der Waals surface area contributed by atoms with Crippen LogP contribution in [0.1, 0.15) is 40.5 Å². The van der Waals surface area contributed by atoms with Crippen LogP contribution in [0.15, 0.2) is 36.4 Å². The molecule has 6 rings (SSSR count). The normalized spacial score (nSPS) is 51.1. The third kappa shape index (κ3) is 1.17. The predicted molar refractivity (Wildman–Crippen MR) is 86.0 cm³/mol. The van der Waals surface area contributed by atoms with E-state index in [0.29, 0.717) is 46.6 Å². The fourth-order valence-corrected chi connectivity index (χ4v) is 7.48. The van der Waals surface area contributed by atoms with Crippen LogP contribution in [0.2, 0.25) is 0 Å².